The fourth-order valence-corrected chi connectivity index (χ4v) is 4.73. The van der Waals surface area contributed by atoms with E-state index in [1.807, 2.05) is 31.2 Å². The number of aromatic nitrogens is 2. The summed E-state index contributed by atoms with van der Waals surface area (Å²) in [5.41, 5.74) is 1.93. The molecule has 2 atom stereocenters. The van der Waals surface area contributed by atoms with Gasteiger partial charge in [-0.1, -0.05) is 31.7 Å². The Labute approximate surface area is 173 Å². The molecule has 1 aromatic carbocycles. The Hall–Kier alpha value is -1.60. The second kappa shape index (κ2) is 9.06. The number of benzene rings is 1. The Morgan fingerprint density at radius 2 is 2.00 bits per heavy atom. The second-order valence-corrected chi connectivity index (χ2v) is 9.24. The van der Waals surface area contributed by atoms with Crippen LogP contribution in [0.4, 0.5) is 11.5 Å². The zero-order valence-corrected chi connectivity index (χ0v) is 18.3. The van der Waals surface area contributed by atoms with Crippen LogP contribution in [-0.4, -0.2) is 34.7 Å². The van der Waals surface area contributed by atoms with Crippen molar-refractivity contribution in [3.63, 3.8) is 0 Å². The molecule has 1 aliphatic rings. The van der Waals surface area contributed by atoms with Gasteiger partial charge in [-0.2, -0.15) is 0 Å². The van der Waals surface area contributed by atoms with Crippen molar-refractivity contribution < 1.29 is 4.79 Å². The maximum atomic E-state index is 12.3. The van der Waals surface area contributed by atoms with Crippen molar-refractivity contribution >= 4 is 45.1 Å². The van der Waals surface area contributed by atoms with Gasteiger partial charge in [0, 0.05) is 23.6 Å². The first-order valence-electron chi connectivity index (χ1n) is 9.16. The van der Waals surface area contributed by atoms with Gasteiger partial charge in [-0.3, -0.25) is 4.79 Å². The average Bonchev–Trinajstić information content (AvgIpc) is 2.62. The van der Waals surface area contributed by atoms with Crippen LogP contribution < -0.4 is 10.2 Å². The number of halogens is 1. The van der Waals surface area contributed by atoms with Crippen molar-refractivity contribution in [3.8, 4) is 0 Å². The molecule has 27 heavy (non-hydrogen) atoms. The molecule has 0 spiro atoms. The fourth-order valence-electron chi connectivity index (χ4n) is 3.48. The molecule has 1 fully saturated rings. The summed E-state index contributed by atoms with van der Waals surface area (Å²) in [4.78, 5) is 23.4. The summed E-state index contributed by atoms with van der Waals surface area (Å²) in [6.45, 7) is 8.63. The summed E-state index contributed by atoms with van der Waals surface area (Å²) in [5, 5.41) is 3.76. The smallest absolute Gasteiger partial charge is 0.234 e. The average molecular weight is 449 g/mol. The lowest BCUT2D eigenvalue weighted by molar-refractivity contribution is -0.113. The molecule has 2 aromatic rings. The van der Waals surface area contributed by atoms with Crippen LogP contribution in [0, 0.1) is 18.8 Å². The zero-order chi connectivity index (χ0) is 19.4. The van der Waals surface area contributed by atoms with E-state index in [9.17, 15) is 4.79 Å². The van der Waals surface area contributed by atoms with Gasteiger partial charge in [0.15, 0.2) is 0 Å². The van der Waals surface area contributed by atoms with E-state index < -0.39 is 0 Å². The summed E-state index contributed by atoms with van der Waals surface area (Å²) in [6, 6.07) is 7.86. The second-order valence-electron chi connectivity index (χ2n) is 7.39. The number of hydrogen-bond acceptors (Lipinski definition) is 5. The lowest BCUT2D eigenvalue weighted by atomic mass is 9.92. The molecule has 0 bridgehead atoms. The SMILES string of the molecule is Cc1ccc(NC(=O)CSc2cc(N3C[C@@H](C)C[C@H](C)C3)ncn2)c(Br)c1. The number of thioether (sulfide) groups is 1. The molecular formula is C20H25BrN4OS. The zero-order valence-electron chi connectivity index (χ0n) is 15.9. The Morgan fingerprint density at radius 3 is 2.70 bits per heavy atom. The standard InChI is InChI=1S/C20H25BrN4OS/c1-13-4-5-17(16(21)7-13)24-19(26)11-27-20-8-18(22-12-23-20)25-9-14(2)6-15(3)10-25/h4-5,7-8,12,14-15H,6,9-11H2,1-3H3,(H,24,26)/t14-,15-/m0/s1. The van der Waals surface area contributed by atoms with Gasteiger partial charge in [-0.25, -0.2) is 9.97 Å². The van der Waals surface area contributed by atoms with Crippen molar-refractivity contribution in [3.05, 3.63) is 40.6 Å². The topological polar surface area (TPSA) is 58.1 Å². The fraction of sp³-hybridized carbons (Fsp3) is 0.450. The molecule has 0 radical (unpaired) electrons. The monoisotopic (exact) mass is 448 g/mol. The number of nitrogens with one attached hydrogen (secondary N) is 1. The number of amides is 1. The third-order valence-corrected chi connectivity index (χ3v) is 6.15. The summed E-state index contributed by atoms with van der Waals surface area (Å²) in [7, 11) is 0. The van der Waals surface area contributed by atoms with Crippen LogP contribution in [0.25, 0.3) is 0 Å². The quantitative estimate of drug-likeness (QED) is 0.527. The largest absolute Gasteiger partial charge is 0.356 e. The molecule has 0 unspecified atom stereocenters. The number of hydrogen-bond donors (Lipinski definition) is 1. The van der Waals surface area contributed by atoms with E-state index in [0.29, 0.717) is 17.6 Å². The molecule has 1 aromatic heterocycles. The first-order valence-corrected chi connectivity index (χ1v) is 10.9. The minimum absolute atomic E-state index is 0.0510. The highest BCUT2D eigenvalue weighted by Crippen LogP contribution is 2.27. The van der Waals surface area contributed by atoms with E-state index in [-0.39, 0.29) is 5.91 Å². The minimum Gasteiger partial charge on any atom is -0.356 e. The molecular weight excluding hydrogens is 424 g/mol. The molecule has 3 rings (SSSR count). The van der Waals surface area contributed by atoms with E-state index in [4.69, 9.17) is 0 Å². The van der Waals surface area contributed by atoms with Crippen molar-refractivity contribution in [1.29, 1.82) is 0 Å². The van der Waals surface area contributed by atoms with Gasteiger partial charge in [-0.05, 0) is 58.8 Å². The van der Waals surface area contributed by atoms with Crippen LogP contribution in [0.3, 0.4) is 0 Å². The Morgan fingerprint density at radius 1 is 1.26 bits per heavy atom. The van der Waals surface area contributed by atoms with Crippen LogP contribution in [0.5, 0.6) is 0 Å². The van der Waals surface area contributed by atoms with Crippen molar-refractivity contribution in [2.24, 2.45) is 11.8 Å². The molecule has 1 aliphatic heterocycles. The van der Waals surface area contributed by atoms with Gasteiger partial charge < -0.3 is 10.2 Å². The van der Waals surface area contributed by atoms with E-state index in [1.54, 1.807) is 6.33 Å². The van der Waals surface area contributed by atoms with Gasteiger partial charge >= 0.3 is 0 Å². The molecule has 1 saturated heterocycles. The van der Waals surface area contributed by atoms with Gasteiger partial charge in [0.1, 0.15) is 17.2 Å². The molecule has 144 valence electrons. The number of nitrogens with zero attached hydrogens (tertiary/aromatic N) is 3. The number of carbonyl (C=O) groups is 1. The summed E-state index contributed by atoms with van der Waals surface area (Å²) < 4.78 is 0.888. The molecule has 1 N–H and O–H groups in total. The number of aryl methyl sites for hydroxylation is 1. The number of anilines is 2. The predicted molar refractivity (Wildman–Crippen MR) is 115 cm³/mol. The van der Waals surface area contributed by atoms with Gasteiger partial charge in [0.05, 0.1) is 11.4 Å². The summed E-state index contributed by atoms with van der Waals surface area (Å²) in [6.07, 6.45) is 2.86. The highest BCUT2D eigenvalue weighted by Gasteiger charge is 2.23. The first-order chi connectivity index (χ1) is 12.9. The molecule has 7 heteroatoms. The lowest BCUT2D eigenvalue weighted by Gasteiger charge is -2.35. The Kier molecular flexibility index (Phi) is 6.76. The Balaban J connectivity index is 1.58. The summed E-state index contributed by atoms with van der Waals surface area (Å²) >= 11 is 4.92. The van der Waals surface area contributed by atoms with Gasteiger partial charge in [0.2, 0.25) is 5.91 Å². The highest BCUT2D eigenvalue weighted by atomic mass is 79.9. The summed E-state index contributed by atoms with van der Waals surface area (Å²) in [5.74, 6) is 2.54. The van der Waals surface area contributed by atoms with Crippen LogP contribution in [-0.2, 0) is 4.79 Å². The Bertz CT molecular complexity index is 806. The molecule has 0 aliphatic carbocycles. The van der Waals surface area contributed by atoms with E-state index in [0.717, 1.165) is 39.7 Å². The van der Waals surface area contributed by atoms with Gasteiger partial charge in [0.25, 0.3) is 0 Å². The van der Waals surface area contributed by atoms with E-state index >= 15 is 0 Å². The molecule has 1 amide bonds. The van der Waals surface area contributed by atoms with Crippen molar-refractivity contribution in [1.82, 2.24) is 9.97 Å². The van der Waals surface area contributed by atoms with E-state index in [2.05, 4.69) is 50.0 Å². The highest BCUT2D eigenvalue weighted by molar-refractivity contribution is 9.10. The maximum Gasteiger partial charge on any atom is 0.234 e. The first kappa shape index (κ1) is 20.1. The maximum absolute atomic E-state index is 12.3. The molecule has 0 saturated carbocycles. The van der Waals surface area contributed by atoms with Crippen LogP contribution in [0.1, 0.15) is 25.8 Å². The number of rotatable bonds is 5. The van der Waals surface area contributed by atoms with Crippen molar-refractivity contribution in [2.45, 2.75) is 32.2 Å². The number of carbonyl (C=O) groups excluding carboxylic acids is 1. The number of piperidine rings is 1. The van der Waals surface area contributed by atoms with Crippen LogP contribution >= 0.6 is 27.7 Å². The predicted octanol–water partition coefficient (Wildman–Crippen LogP) is 4.76. The van der Waals surface area contributed by atoms with Crippen molar-refractivity contribution in [2.75, 3.05) is 29.1 Å². The normalized spacial score (nSPS) is 19.8. The van der Waals surface area contributed by atoms with Crippen LogP contribution in [0.15, 0.2) is 40.1 Å². The minimum atomic E-state index is -0.0510. The lowest BCUT2D eigenvalue weighted by Crippen LogP contribution is -2.39. The third kappa shape index (κ3) is 5.69. The third-order valence-electron chi connectivity index (χ3n) is 4.57. The van der Waals surface area contributed by atoms with Crippen LogP contribution in [0.2, 0.25) is 0 Å². The molecule has 5 nitrogen and oxygen atoms in total. The van der Waals surface area contributed by atoms with Gasteiger partial charge in [-0.15, -0.1) is 0 Å². The van der Waals surface area contributed by atoms with E-state index in [1.165, 1.54) is 18.2 Å². The molecule has 2 heterocycles.